The standard InChI is InChI=1S/C21H25F3N4OS/c1-3-28-18-13-27(30-2)12-16(18)19(25-28)20(29)26-10-8-14(9-11-26)15-6-4-5-7-17(15)21(22,23)24/h4-7,14H,3,8-13H2,1-2H3. The minimum Gasteiger partial charge on any atom is -0.337 e. The van der Waals surface area contributed by atoms with Gasteiger partial charge in [0.1, 0.15) is 0 Å². The fourth-order valence-electron chi connectivity index (χ4n) is 4.49. The molecule has 0 unspecified atom stereocenters. The van der Waals surface area contributed by atoms with Crippen molar-refractivity contribution in [1.82, 2.24) is 19.0 Å². The number of hydrogen-bond donors (Lipinski definition) is 0. The van der Waals surface area contributed by atoms with Crippen molar-refractivity contribution in [2.24, 2.45) is 0 Å². The second-order valence-electron chi connectivity index (χ2n) is 7.72. The van der Waals surface area contributed by atoms with Crippen LogP contribution in [0, 0.1) is 0 Å². The molecule has 2 aromatic rings. The summed E-state index contributed by atoms with van der Waals surface area (Å²) in [5.74, 6) is -0.304. The van der Waals surface area contributed by atoms with E-state index in [4.69, 9.17) is 0 Å². The number of aromatic nitrogens is 2. The summed E-state index contributed by atoms with van der Waals surface area (Å²) in [6.45, 7) is 5.04. The van der Waals surface area contributed by atoms with Gasteiger partial charge in [0, 0.05) is 31.7 Å². The van der Waals surface area contributed by atoms with Gasteiger partial charge in [-0.05, 0) is 43.6 Å². The monoisotopic (exact) mass is 438 g/mol. The molecule has 0 saturated carbocycles. The Labute approximate surface area is 178 Å². The molecule has 1 fully saturated rings. The first kappa shape index (κ1) is 21.2. The lowest BCUT2D eigenvalue weighted by Crippen LogP contribution is -2.39. The van der Waals surface area contributed by atoms with Gasteiger partial charge in [0.2, 0.25) is 0 Å². The van der Waals surface area contributed by atoms with Gasteiger partial charge in [-0.15, -0.1) is 0 Å². The van der Waals surface area contributed by atoms with Crippen LogP contribution < -0.4 is 0 Å². The topological polar surface area (TPSA) is 41.4 Å². The lowest BCUT2D eigenvalue weighted by Gasteiger charge is -2.33. The minimum atomic E-state index is -4.36. The molecule has 1 amide bonds. The van der Waals surface area contributed by atoms with Crippen LogP contribution in [0.3, 0.4) is 0 Å². The molecule has 162 valence electrons. The summed E-state index contributed by atoms with van der Waals surface area (Å²) in [4.78, 5) is 14.9. The molecule has 0 spiro atoms. The number of carbonyl (C=O) groups excluding carboxylic acids is 1. The van der Waals surface area contributed by atoms with Crippen molar-refractivity contribution in [2.45, 2.75) is 51.5 Å². The first-order valence-corrected chi connectivity index (χ1v) is 11.3. The van der Waals surface area contributed by atoms with Crippen LogP contribution in [0.1, 0.15) is 58.6 Å². The Morgan fingerprint density at radius 3 is 2.53 bits per heavy atom. The second-order valence-corrected chi connectivity index (χ2v) is 8.60. The van der Waals surface area contributed by atoms with Gasteiger partial charge in [-0.3, -0.25) is 9.48 Å². The van der Waals surface area contributed by atoms with Crippen LogP contribution in [0.2, 0.25) is 0 Å². The Kier molecular flexibility index (Phi) is 5.85. The molecular formula is C21H25F3N4OS. The van der Waals surface area contributed by atoms with Crippen LogP contribution in [0.15, 0.2) is 24.3 Å². The van der Waals surface area contributed by atoms with E-state index in [1.54, 1.807) is 29.0 Å². The third-order valence-electron chi connectivity index (χ3n) is 6.08. The molecule has 0 aliphatic carbocycles. The van der Waals surface area contributed by atoms with E-state index in [0.29, 0.717) is 50.3 Å². The average Bonchev–Trinajstić information content (AvgIpc) is 3.31. The predicted molar refractivity (Wildman–Crippen MR) is 110 cm³/mol. The van der Waals surface area contributed by atoms with Crippen LogP contribution in [-0.4, -0.2) is 44.2 Å². The molecule has 2 aliphatic heterocycles. The van der Waals surface area contributed by atoms with E-state index in [-0.39, 0.29) is 11.8 Å². The van der Waals surface area contributed by atoms with E-state index >= 15 is 0 Å². The van der Waals surface area contributed by atoms with Crippen molar-refractivity contribution in [3.63, 3.8) is 0 Å². The highest BCUT2D eigenvalue weighted by molar-refractivity contribution is 7.96. The Morgan fingerprint density at radius 1 is 1.20 bits per heavy atom. The van der Waals surface area contributed by atoms with Gasteiger partial charge in [-0.2, -0.15) is 18.3 Å². The number of amides is 1. The summed E-state index contributed by atoms with van der Waals surface area (Å²) in [6, 6.07) is 5.79. The quantitative estimate of drug-likeness (QED) is 0.658. The maximum atomic E-state index is 13.4. The summed E-state index contributed by atoms with van der Waals surface area (Å²) in [5, 5.41) is 4.56. The fourth-order valence-corrected chi connectivity index (χ4v) is 5.00. The SMILES string of the molecule is CCn1nc(C(=O)N2CCC(c3ccccc3C(F)(F)F)CC2)c2c1CN(SC)C2. The summed E-state index contributed by atoms with van der Waals surface area (Å²) < 4.78 is 44.2. The van der Waals surface area contributed by atoms with E-state index in [1.165, 1.54) is 6.07 Å². The highest BCUT2D eigenvalue weighted by Gasteiger charge is 2.37. The van der Waals surface area contributed by atoms with Gasteiger partial charge in [0.05, 0.1) is 17.8 Å². The normalized spacial score (nSPS) is 18.1. The Balaban J connectivity index is 1.49. The molecule has 1 aromatic carbocycles. The zero-order valence-electron chi connectivity index (χ0n) is 17.1. The van der Waals surface area contributed by atoms with E-state index < -0.39 is 11.7 Å². The number of nitrogens with zero attached hydrogens (tertiary/aromatic N) is 4. The first-order valence-electron chi connectivity index (χ1n) is 10.2. The fraction of sp³-hybridized carbons (Fsp3) is 0.524. The highest BCUT2D eigenvalue weighted by atomic mass is 32.2. The molecule has 30 heavy (non-hydrogen) atoms. The predicted octanol–water partition coefficient (Wildman–Crippen LogP) is 4.54. The number of carbonyl (C=O) groups is 1. The first-order chi connectivity index (χ1) is 14.3. The second kappa shape index (κ2) is 8.26. The van der Waals surface area contributed by atoms with Crippen molar-refractivity contribution < 1.29 is 18.0 Å². The number of alkyl halides is 3. The van der Waals surface area contributed by atoms with Crippen LogP contribution in [0.5, 0.6) is 0 Å². The number of aryl methyl sites for hydroxylation is 1. The molecule has 0 atom stereocenters. The molecule has 2 aliphatic rings. The molecule has 0 bridgehead atoms. The number of hydrogen-bond acceptors (Lipinski definition) is 4. The zero-order chi connectivity index (χ0) is 21.5. The smallest absolute Gasteiger partial charge is 0.337 e. The Morgan fingerprint density at radius 2 is 1.90 bits per heavy atom. The number of halogens is 3. The summed E-state index contributed by atoms with van der Waals surface area (Å²) in [5.41, 5.74) is 2.35. The molecule has 0 radical (unpaired) electrons. The maximum Gasteiger partial charge on any atom is 0.416 e. The third kappa shape index (κ3) is 3.85. The summed E-state index contributed by atoms with van der Waals surface area (Å²) in [7, 11) is 0. The van der Waals surface area contributed by atoms with Crippen molar-refractivity contribution in [1.29, 1.82) is 0 Å². The van der Waals surface area contributed by atoms with Crippen LogP contribution in [0.25, 0.3) is 0 Å². The van der Waals surface area contributed by atoms with Crippen molar-refractivity contribution in [3.05, 3.63) is 52.3 Å². The Hall–Kier alpha value is -2.00. The van der Waals surface area contributed by atoms with Gasteiger partial charge in [-0.25, -0.2) is 4.31 Å². The van der Waals surface area contributed by atoms with Gasteiger partial charge >= 0.3 is 6.18 Å². The molecule has 1 saturated heterocycles. The van der Waals surface area contributed by atoms with Gasteiger partial charge in [-0.1, -0.05) is 30.1 Å². The van der Waals surface area contributed by atoms with E-state index in [1.807, 2.05) is 17.9 Å². The van der Waals surface area contributed by atoms with E-state index in [0.717, 1.165) is 23.9 Å². The molecule has 3 heterocycles. The highest BCUT2D eigenvalue weighted by Crippen LogP contribution is 2.39. The van der Waals surface area contributed by atoms with Crippen molar-refractivity contribution in [3.8, 4) is 0 Å². The number of piperidine rings is 1. The van der Waals surface area contributed by atoms with Crippen molar-refractivity contribution >= 4 is 17.9 Å². The molecule has 9 heteroatoms. The largest absolute Gasteiger partial charge is 0.416 e. The maximum absolute atomic E-state index is 13.4. The molecule has 0 N–H and O–H groups in total. The number of rotatable bonds is 4. The van der Waals surface area contributed by atoms with Crippen LogP contribution in [0.4, 0.5) is 13.2 Å². The van der Waals surface area contributed by atoms with Crippen LogP contribution in [-0.2, 0) is 25.8 Å². The van der Waals surface area contributed by atoms with Crippen LogP contribution >= 0.6 is 11.9 Å². The van der Waals surface area contributed by atoms with Gasteiger partial charge in [0.25, 0.3) is 5.91 Å². The third-order valence-corrected chi connectivity index (χ3v) is 6.85. The number of likely N-dealkylation sites (tertiary alicyclic amines) is 1. The lowest BCUT2D eigenvalue weighted by atomic mass is 9.86. The number of fused-ring (bicyclic) bond motifs is 1. The lowest BCUT2D eigenvalue weighted by molar-refractivity contribution is -0.138. The minimum absolute atomic E-state index is 0.107. The van der Waals surface area contributed by atoms with Gasteiger partial charge in [0.15, 0.2) is 5.69 Å². The van der Waals surface area contributed by atoms with E-state index in [2.05, 4.69) is 9.40 Å². The molecule has 5 nitrogen and oxygen atoms in total. The molecule has 1 aromatic heterocycles. The summed E-state index contributed by atoms with van der Waals surface area (Å²) in [6.07, 6.45) is -1.31. The molecule has 4 rings (SSSR count). The van der Waals surface area contributed by atoms with E-state index in [9.17, 15) is 18.0 Å². The Bertz CT molecular complexity index is 935. The van der Waals surface area contributed by atoms with Gasteiger partial charge < -0.3 is 4.90 Å². The molecular weight excluding hydrogens is 413 g/mol. The zero-order valence-corrected chi connectivity index (χ0v) is 17.9. The summed E-state index contributed by atoms with van der Waals surface area (Å²) >= 11 is 1.65. The number of benzene rings is 1. The average molecular weight is 439 g/mol. The van der Waals surface area contributed by atoms with Crippen molar-refractivity contribution in [2.75, 3.05) is 19.3 Å².